The van der Waals surface area contributed by atoms with Gasteiger partial charge in [0.25, 0.3) is 5.69 Å². The summed E-state index contributed by atoms with van der Waals surface area (Å²) in [5, 5.41) is 14.6. The minimum atomic E-state index is -0.355. The van der Waals surface area contributed by atoms with Crippen LogP contribution in [0.2, 0.25) is 0 Å². The standard InChI is InChI=1S/C13H17N3O4/c17-16(18)11-9-13-12(19-6-7-20-13)8-10(11)15-4-1-2-14-3-5-15/h8-9,14H,1-7H2. The second-order valence-corrected chi connectivity index (χ2v) is 4.83. The fourth-order valence-corrected chi connectivity index (χ4v) is 2.55. The molecular formula is C13H17N3O4. The Morgan fingerprint density at radius 3 is 2.65 bits per heavy atom. The van der Waals surface area contributed by atoms with Crippen LogP contribution in [-0.2, 0) is 0 Å². The average Bonchev–Trinajstić information content (AvgIpc) is 2.74. The first-order valence-electron chi connectivity index (χ1n) is 6.79. The molecule has 20 heavy (non-hydrogen) atoms. The molecule has 7 nitrogen and oxygen atoms in total. The molecule has 0 atom stereocenters. The number of nitrogens with zero attached hydrogens (tertiary/aromatic N) is 2. The van der Waals surface area contributed by atoms with Gasteiger partial charge in [0.15, 0.2) is 11.5 Å². The summed E-state index contributed by atoms with van der Waals surface area (Å²) in [6.07, 6.45) is 0.964. The highest BCUT2D eigenvalue weighted by Gasteiger charge is 2.26. The molecule has 1 aromatic carbocycles. The number of anilines is 1. The Labute approximate surface area is 116 Å². The molecule has 7 heteroatoms. The van der Waals surface area contributed by atoms with E-state index >= 15 is 0 Å². The molecule has 108 valence electrons. The van der Waals surface area contributed by atoms with Gasteiger partial charge < -0.3 is 19.7 Å². The van der Waals surface area contributed by atoms with Crippen molar-refractivity contribution in [2.75, 3.05) is 44.3 Å². The van der Waals surface area contributed by atoms with E-state index in [0.717, 1.165) is 32.6 Å². The molecule has 1 aromatic rings. The van der Waals surface area contributed by atoms with Gasteiger partial charge >= 0.3 is 0 Å². The predicted octanol–water partition coefficient (Wildman–Crippen LogP) is 1.17. The van der Waals surface area contributed by atoms with Gasteiger partial charge in [-0.2, -0.15) is 0 Å². The Bertz CT molecular complexity index is 513. The van der Waals surface area contributed by atoms with Crippen molar-refractivity contribution in [2.45, 2.75) is 6.42 Å². The van der Waals surface area contributed by atoms with Crippen LogP contribution in [0, 0.1) is 10.1 Å². The van der Waals surface area contributed by atoms with Crippen molar-refractivity contribution in [3.05, 3.63) is 22.2 Å². The summed E-state index contributed by atoms with van der Waals surface area (Å²) in [6.45, 7) is 4.22. The molecule has 1 saturated heterocycles. The van der Waals surface area contributed by atoms with Crippen molar-refractivity contribution in [1.82, 2.24) is 5.32 Å². The van der Waals surface area contributed by atoms with E-state index in [2.05, 4.69) is 5.32 Å². The van der Waals surface area contributed by atoms with E-state index < -0.39 is 0 Å². The number of benzene rings is 1. The number of rotatable bonds is 2. The Hall–Kier alpha value is -2.02. The summed E-state index contributed by atoms with van der Waals surface area (Å²) in [7, 11) is 0. The molecule has 0 amide bonds. The van der Waals surface area contributed by atoms with Gasteiger partial charge in [-0.25, -0.2) is 0 Å². The lowest BCUT2D eigenvalue weighted by Crippen LogP contribution is -2.28. The first kappa shape index (κ1) is 13.0. The third kappa shape index (κ3) is 2.49. The largest absolute Gasteiger partial charge is 0.486 e. The molecule has 0 radical (unpaired) electrons. The van der Waals surface area contributed by atoms with E-state index in [9.17, 15) is 10.1 Å². The minimum absolute atomic E-state index is 0.0798. The summed E-state index contributed by atoms with van der Waals surface area (Å²) in [5.74, 6) is 1.05. The van der Waals surface area contributed by atoms with Crippen LogP contribution in [0.25, 0.3) is 0 Å². The predicted molar refractivity (Wildman–Crippen MR) is 73.8 cm³/mol. The zero-order valence-corrected chi connectivity index (χ0v) is 11.1. The van der Waals surface area contributed by atoms with Gasteiger partial charge in [-0.15, -0.1) is 0 Å². The fraction of sp³-hybridized carbons (Fsp3) is 0.538. The fourth-order valence-electron chi connectivity index (χ4n) is 2.55. The average molecular weight is 279 g/mol. The molecular weight excluding hydrogens is 262 g/mol. The lowest BCUT2D eigenvalue weighted by Gasteiger charge is -2.25. The molecule has 0 unspecified atom stereocenters. The van der Waals surface area contributed by atoms with Crippen LogP contribution in [0.15, 0.2) is 12.1 Å². The van der Waals surface area contributed by atoms with Crippen molar-refractivity contribution in [3.8, 4) is 11.5 Å². The second kappa shape index (κ2) is 5.54. The van der Waals surface area contributed by atoms with Crippen molar-refractivity contribution in [2.24, 2.45) is 0 Å². The van der Waals surface area contributed by atoms with Crippen LogP contribution in [0.3, 0.4) is 0 Å². The van der Waals surface area contributed by atoms with Gasteiger partial charge in [0.2, 0.25) is 0 Å². The summed E-state index contributed by atoms with van der Waals surface area (Å²) in [5.41, 5.74) is 0.694. The minimum Gasteiger partial charge on any atom is -0.486 e. The van der Waals surface area contributed by atoms with Crippen molar-refractivity contribution < 1.29 is 14.4 Å². The maximum absolute atomic E-state index is 11.3. The first-order valence-corrected chi connectivity index (χ1v) is 6.79. The molecule has 3 rings (SSSR count). The maximum atomic E-state index is 11.3. The highest BCUT2D eigenvalue weighted by molar-refractivity contribution is 5.70. The molecule has 0 spiro atoms. The number of nitro benzene ring substituents is 1. The molecule has 2 aliphatic rings. The van der Waals surface area contributed by atoms with Crippen LogP contribution in [-0.4, -0.2) is 44.3 Å². The SMILES string of the molecule is O=[N+]([O-])c1cc2c(cc1N1CCCNCC1)OCCO2. The molecule has 2 aliphatic heterocycles. The highest BCUT2D eigenvalue weighted by Crippen LogP contribution is 2.41. The normalized spacial score (nSPS) is 18.5. The Morgan fingerprint density at radius 2 is 1.90 bits per heavy atom. The van der Waals surface area contributed by atoms with E-state index in [1.165, 1.54) is 6.07 Å². The van der Waals surface area contributed by atoms with Crippen molar-refractivity contribution in [3.63, 3.8) is 0 Å². The van der Waals surface area contributed by atoms with Crippen molar-refractivity contribution >= 4 is 11.4 Å². The zero-order chi connectivity index (χ0) is 13.9. The molecule has 0 bridgehead atoms. The van der Waals surface area contributed by atoms with Crippen LogP contribution in [0.1, 0.15) is 6.42 Å². The van der Waals surface area contributed by atoms with Crippen LogP contribution >= 0.6 is 0 Å². The molecule has 2 heterocycles. The summed E-state index contributed by atoms with van der Waals surface area (Å²) in [4.78, 5) is 13.0. The van der Waals surface area contributed by atoms with Crippen LogP contribution in [0.5, 0.6) is 11.5 Å². The Balaban J connectivity index is 2.00. The highest BCUT2D eigenvalue weighted by atomic mass is 16.6. The zero-order valence-electron chi connectivity index (χ0n) is 11.1. The monoisotopic (exact) mass is 279 g/mol. The van der Waals surface area contributed by atoms with Crippen LogP contribution in [0.4, 0.5) is 11.4 Å². The molecule has 0 aromatic heterocycles. The summed E-state index contributed by atoms with van der Waals surface area (Å²) in [6, 6.07) is 3.21. The third-order valence-corrected chi connectivity index (χ3v) is 3.52. The van der Waals surface area contributed by atoms with E-state index in [0.29, 0.717) is 30.4 Å². The second-order valence-electron chi connectivity index (χ2n) is 4.83. The van der Waals surface area contributed by atoms with Crippen LogP contribution < -0.4 is 19.7 Å². The number of nitrogens with one attached hydrogen (secondary N) is 1. The van der Waals surface area contributed by atoms with Gasteiger partial charge in [-0.05, 0) is 13.0 Å². The van der Waals surface area contributed by atoms with Crippen molar-refractivity contribution in [1.29, 1.82) is 0 Å². The topological polar surface area (TPSA) is 76.9 Å². The molecule has 0 saturated carbocycles. The molecule has 1 fully saturated rings. The van der Waals surface area contributed by atoms with Gasteiger partial charge in [0.1, 0.15) is 18.9 Å². The van der Waals surface area contributed by atoms with Gasteiger partial charge in [0, 0.05) is 25.7 Å². The van der Waals surface area contributed by atoms with Gasteiger partial charge in [0.05, 0.1) is 11.0 Å². The van der Waals surface area contributed by atoms with E-state index in [1.54, 1.807) is 6.07 Å². The Morgan fingerprint density at radius 1 is 1.15 bits per heavy atom. The number of nitro groups is 1. The molecule has 0 aliphatic carbocycles. The van der Waals surface area contributed by atoms with E-state index in [-0.39, 0.29) is 10.6 Å². The van der Waals surface area contributed by atoms with Gasteiger partial charge in [-0.3, -0.25) is 10.1 Å². The quantitative estimate of drug-likeness (QED) is 0.647. The number of hydrogen-bond acceptors (Lipinski definition) is 6. The lowest BCUT2D eigenvalue weighted by molar-refractivity contribution is -0.384. The smallest absolute Gasteiger partial charge is 0.296 e. The van der Waals surface area contributed by atoms with E-state index in [4.69, 9.17) is 9.47 Å². The van der Waals surface area contributed by atoms with Gasteiger partial charge in [-0.1, -0.05) is 0 Å². The number of hydrogen-bond donors (Lipinski definition) is 1. The molecule has 1 N–H and O–H groups in total. The Kier molecular flexibility index (Phi) is 3.60. The first-order chi connectivity index (χ1) is 9.75. The number of fused-ring (bicyclic) bond motifs is 1. The summed E-state index contributed by atoms with van der Waals surface area (Å²) >= 11 is 0. The third-order valence-electron chi connectivity index (χ3n) is 3.52. The number of ether oxygens (including phenoxy) is 2. The lowest BCUT2D eigenvalue weighted by atomic mass is 10.2. The maximum Gasteiger partial charge on any atom is 0.296 e. The summed E-state index contributed by atoms with van der Waals surface area (Å²) < 4.78 is 11.0. The van der Waals surface area contributed by atoms with E-state index in [1.807, 2.05) is 4.90 Å².